The molecule has 3 heterocycles. The van der Waals surface area contributed by atoms with Gasteiger partial charge in [0.15, 0.2) is 0 Å². The lowest BCUT2D eigenvalue weighted by Crippen LogP contribution is -2.32. The van der Waals surface area contributed by atoms with Crippen molar-refractivity contribution in [1.82, 2.24) is 4.90 Å². The van der Waals surface area contributed by atoms with E-state index in [2.05, 4.69) is 62.3 Å². The lowest BCUT2D eigenvalue weighted by atomic mass is 10.1. The Kier molecular flexibility index (Phi) is 6.98. The van der Waals surface area contributed by atoms with Crippen LogP contribution >= 0.6 is 22.7 Å². The number of anilines is 2. The quantitative estimate of drug-likeness (QED) is 0.522. The summed E-state index contributed by atoms with van der Waals surface area (Å²) in [5, 5.41) is 7.24. The zero-order valence-corrected chi connectivity index (χ0v) is 18.2. The van der Waals surface area contributed by atoms with Crippen molar-refractivity contribution in [2.45, 2.75) is 32.4 Å². The van der Waals surface area contributed by atoms with E-state index >= 15 is 0 Å². The summed E-state index contributed by atoms with van der Waals surface area (Å²) in [4.78, 5) is 19.9. The molecule has 3 aromatic rings. The Morgan fingerprint density at radius 2 is 1.52 bits per heavy atom. The fraction of sp³-hybridized carbons (Fsp3) is 0.348. The van der Waals surface area contributed by atoms with E-state index in [1.54, 1.807) is 22.7 Å². The summed E-state index contributed by atoms with van der Waals surface area (Å²) in [5.74, 6) is 0.0313. The van der Waals surface area contributed by atoms with Crippen molar-refractivity contribution in [3.63, 3.8) is 0 Å². The predicted molar refractivity (Wildman–Crippen MR) is 124 cm³/mol. The van der Waals surface area contributed by atoms with E-state index in [0.717, 1.165) is 31.9 Å². The molecule has 1 amide bonds. The van der Waals surface area contributed by atoms with Crippen LogP contribution in [0.15, 0.2) is 59.3 Å². The van der Waals surface area contributed by atoms with Gasteiger partial charge in [-0.05, 0) is 66.4 Å². The third kappa shape index (κ3) is 5.92. The molecule has 1 aliphatic rings. The maximum Gasteiger partial charge on any atom is 0.238 e. The molecule has 1 N–H and O–H groups in total. The second-order valence-corrected chi connectivity index (χ2v) is 9.51. The van der Waals surface area contributed by atoms with Crippen LogP contribution in [0.2, 0.25) is 0 Å². The number of hydrogen-bond acceptors (Lipinski definition) is 5. The number of benzene rings is 1. The maximum absolute atomic E-state index is 12.7. The molecule has 4 rings (SSSR count). The second kappa shape index (κ2) is 10.1. The Morgan fingerprint density at radius 3 is 2.07 bits per heavy atom. The van der Waals surface area contributed by atoms with E-state index in [1.165, 1.54) is 34.7 Å². The van der Waals surface area contributed by atoms with Crippen LogP contribution in [-0.2, 0) is 17.9 Å². The van der Waals surface area contributed by atoms with E-state index in [4.69, 9.17) is 0 Å². The van der Waals surface area contributed by atoms with E-state index in [-0.39, 0.29) is 5.91 Å². The Bertz CT molecular complexity index is 833. The van der Waals surface area contributed by atoms with Gasteiger partial charge in [0, 0.05) is 47.3 Å². The van der Waals surface area contributed by atoms with Gasteiger partial charge in [0.2, 0.25) is 5.91 Å². The van der Waals surface area contributed by atoms with Crippen LogP contribution in [0.3, 0.4) is 0 Å². The molecule has 1 fully saturated rings. The molecule has 0 bridgehead atoms. The average Bonchev–Trinajstić information content (AvgIpc) is 3.43. The van der Waals surface area contributed by atoms with Gasteiger partial charge in [0.1, 0.15) is 0 Å². The molecule has 0 aliphatic carbocycles. The van der Waals surface area contributed by atoms with Crippen molar-refractivity contribution in [2.24, 2.45) is 0 Å². The first-order valence-corrected chi connectivity index (χ1v) is 11.9. The third-order valence-corrected chi connectivity index (χ3v) is 6.88. The molecule has 0 atom stereocenters. The van der Waals surface area contributed by atoms with Gasteiger partial charge in [0.05, 0.1) is 6.54 Å². The Balaban J connectivity index is 1.35. The molecule has 6 heteroatoms. The minimum atomic E-state index is 0.0313. The van der Waals surface area contributed by atoms with E-state index < -0.39 is 0 Å². The van der Waals surface area contributed by atoms with E-state index in [0.29, 0.717) is 6.54 Å². The molecule has 0 saturated carbocycles. The standard InChI is InChI=1S/C23H27N3OS2/c27-23(24-19-8-10-20(11-9-19)26-12-2-1-3-13-26)18-25(16-21-6-4-14-28-21)17-22-7-5-15-29-22/h4-11,14-15H,1-3,12-13,16-18H2,(H,24,27). The summed E-state index contributed by atoms with van der Waals surface area (Å²) in [5.41, 5.74) is 2.11. The number of amides is 1. The van der Waals surface area contributed by atoms with Crippen LogP contribution in [0.4, 0.5) is 11.4 Å². The third-order valence-electron chi connectivity index (χ3n) is 5.16. The first kappa shape index (κ1) is 20.1. The summed E-state index contributed by atoms with van der Waals surface area (Å²) in [6.07, 6.45) is 3.86. The summed E-state index contributed by atoms with van der Waals surface area (Å²) < 4.78 is 0. The summed E-state index contributed by atoms with van der Waals surface area (Å²) >= 11 is 3.47. The predicted octanol–water partition coefficient (Wildman–Crippen LogP) is 5.44. The minimum absolute atomic E-state index is 0.0313. The topological polar surface area (TPSA) is 35.6 Å². The number of carbonyl (C=O) groups is 1. The normalized spacial score (nSPS) is 14.3. The molecular formula is C23H27N3OS2. The number of nitrogens with one attached hydrogen (secondary N) is 1. The Morgan fingerprint density at radius 1 is 0.897 bits per heavy atom. The number of carbonyl (C=O) groups excluding carboxylic acids is 1. The van der Waals surface area contributed by atoms with Crippen LogP contribution in [0, 0.1) is 0 Å². The first-order valence-electron chi connectivity index (χ1n) is 10.2. The van der Waals surface area contributed by atoms with Crippen LogP contribution in [0.1, 0.15) is 29.0 Å². The Hall–Kier alpha value is -2.15. The van der Waals surface area contributed by atoms with Gasteiger partial charge in [-0.1, -0.05) is 12.1 Å². The van der Waals surface area contributed by atoms with E-state index in [1.807, 2.05) is 12.1 Å². The lowest BCUT2D eigenvalue weighted by molar-refractivity contribution is -0.117. The molecular weight excluding hydrogens is 398 g/mol. The van der Waals surface area contributed by atoms with Crippen molar-refractivity contribution in [1.29, 1.82) is 0 Å². The van der Waals surface area contributed by atoms with Crippen LogP contribution < -0.4 is 10.2 Å². The van der Waals surface area contributed by atoms with Gasteiger partial charge in [-0.2, -0.15) is 0 Å². The van der Waals surface area contributed by atoms with Crippen LogP contribution in [0.5, 0.6) is 0 Å². The van der Waals surface area contributed by atoms with E-state index in [9.17, 15) is 4.79 Å². The number of piperidine rings is 1. The number of nitrogens with zero attached hydrogens (tertiary/aromatic N) is 2. The fourth-order valence-electron chi connectivity index (χ4n) is 3.72. The van der Waals surface area contributed by atoms with Crippen LogP contribution in [0.25, 0.3) is 0 Å². The highest BCUT2D eigenvalue weighted by Crippen LogP contribution is 2.22. The highest BCUT2D eigenvalue weighted by Gasteiger charge is 2.14. The summed E-state index contributed by atoms with van der Waals surface area (Å²) in [6, 6.07) is 16.7. The highest BCUT2D eigenvalue weighted by atomic mass is 32.1. The number of thiophene rings is 2. The highest BCUT2D eigenvalue weighted by molar-refractivity contribution is 7.10. The molecule has 0 radical (unpaired) electrons. The van der Waals surface area contributed by atoms with Crippen LogP contribution in [-0.4, -0.2) is 30.4 Å². The fourth-order valence-corrected chi connectivity index (χ4v) is 5.22. The summed E-state index contributed by atoms with van der Waals surface area (Å²) in [7, 11) is 0. The molecule has 2 aromatic heterocycles. The van der Waals surface area contributed by atoms with Gasteiger partial charge in [0.25, 0.3) is 0 Å². The molecule has 1 aromatic carbocycles. The van der Waals surface area contributed by atoms with Crippen molar-refractivity contribution in [2.75, 3.05) is 29.9 Å². The number of hydrogen-bond donors (Lipinski definition) is 1. The zero-order chi connectivity index (χ0) is 19.9. The molecule has 1 saturated heterocycles. The Labute approximate surface area is 180 Å². The monoisotopic (exact) mass is 425 g/mol. The van der Waals surface area contributed by atoms with Crippen molar-refractivity contribution in [3.8, 4) is 0 Å². The van der Waals surface area contributed by atoms with Gasteiger partial charge in [-0.15, -0.1) is 22.7 Å². The summed E-state index contributed by atoms with van der Waals surface area (Å²) in [6.45, 7) is 4.22. The largest absolute Gasteiger partial charge is 0.372 e. The lowest BCUT2D eigenvalue weighted by Gasteiger charge is -2.28. The first-order chi connectivity index (χ1) is 14.3. The molecule has 152 valence electrons. The van der Waals surface area contributed by atoms with Gasteiger partial charge in [-0.3, -0.25) is 9.69 Å². The molecule has 29 heavy (non-hydrogen) atoms. The number of rotatable bonds is 8. The average molecular weight is 426 g/mol. The van der Waals surface area contributed by atoms with Gasteiger partial charge < -0.3 is 10.2 Å². The second-order valence-electron chi connectivity index (χ2n) is 7.45. The smallest absolute Gasteiger partial charge is 0.238 e. The molecule has 1 aliphatic heterocycles. The molecule has 0 unspecified atom stereocenters. The minimum Gasteiger partial charge on any atom is -0.372 e. The molecule has 0 spiro atoms. The zero-order valence-electron chi connectivity index (χ0n) is 16.5. The van der Waals surface area contributed by atoms with Crippen molar-refractivity contribution >= 4 is 40.0 Å². The van der Waals surface area contributed by atoms with Crippen molar-refractivity contribution in [3.05, 3.63) is 69.0 Å². The molecule has 4 nitrogen and oxygen atoms in total. The van der Waals surface area contributed by atoms with Gasteiger partial charge in [-0.25, -0.2) is 0 Å². The maximum atomic E-state index is 12.7. The van der Waals surface area contributed by atoms with Crippen molar-refractivity contribution < 1.29 is 4.79 Å². The SMILES string of the molecule is O=C(CN(Cc1cccs1)Cc1cccs1)Nc1ccc(N2CCCCC2)cc1. The van der Waals surface area contributed by atoms with Gasteiger partial charge >= 0.3 is 0 Å².